The van der Waals surface area contributed by atoms with E-state index in [-0.39, 0.29) is 22.3 Å². The largest absolute Gasteiger partial charge is 0.352 e. The molecule has 6 heteroatoms. The summed E-state index contributed by atoms with van der Waals surface area (Å²) in [6, 6.07) is 16.2. The third-order valence-electron chi connectivity index (χ3n) is 4.83. The Morgan fingerprint density at radius 3 is 2.54 bits per heavy atom. The number of hydrogen-bond donors (Lipinski definition) is 2. The fraction of sp³-hybridized carbons (Fsp3) is 0.318. The maximum absolute atomic E-state index is 13.2. The number of carbonyl (C=O) groups is 1. The van der Waals surface area contributed by atoms with Crippen LogP contribution in [0.4, 0.5) is 0 Å². The molecule has 0 saturated carbocycles. The predicted octanol–water partition coefficient (Wildman–Crippen LogP) is 4.15. The van der Waals surface area contributed by atoms with Gasteiger partial charge in [-0.1, -0.05) is 55.8 Å². The zero-order valence-corrected chi connectivity index (χ0v) is 17.0. The standard InChI is InChI=1S/C22H25N3O2S/c1-3-9-15(2)23-20(26)19(14-16-10-5-4-6-11-16)25-21(27)17-12-7-8-13-18(17)24-22(25)28/h4-8,10-13,15,19H,3,9,14H2,1-2H3,(H,23,26)(H,24,28)/t15-,19+/m0/s1. The lowest BCUT2D eigenvalue weighted by Gasteiger charge is -2.22. The van der Waals surface area contributed by atoms with E-state index >= 15 is 0 Å². The first-order valence-corrected chi connectivity index (χ1v) is 10.00. The Balaban J connectivity index is 2.08. The lowest BCUT2D eigenvalue weighted by molar-refractivity contribution is -0.125. The van der Waals surface area contributed by atoms with E-state index < -0.39 is 6.04 Å². The molecule has 0 fully saturated rings. The average Bonchev–Trinajstić information content (AvgIpc) is 2.68. The molecule has 146 valence electrons. The van der Waals surface area contributed by atoms with Gasteiger partial charge in [0.15, 0.2) is 4.77 Å². The van der Waals surface area contributed by atoms with Crippen molar-refractivity contribution in [1.29, 1.82) is 0 Å². The number of aromatic nitrogens is 2. The summed E-state index contributed by atoms with van der Waals surface area (Å²) in [5.74, 6) is -0.193. The molecule has 0 aliphatic carbocycles. The zero-order valence-electron chi connectivity index (χ0n) is 16.1. The Bertz CT molecular complexity index is 1070. The fourth-order valence-corrected chi connectivity index (χ4v) is 3.76. The molecule has 3 rings (SSSR count). The third-order valence-corrected chi connectivity index (χ3v) is 5.13. The maximum atomic E-state index is 13.2. The average molecular weight is 396 g/mol. The van der Waals surface area contributed by atoms with Crippen LogP contribution >= 0.6 is 12.2 Å². The summed E-state index contributed by atoms with van der Waals surface area (Å²) in [4.78, 5) is 29.4. The van der Waals surface area contributed by atoms with Gasteiger partial charge >= 0.3 is 0 Å². The van der Waals surface area contributed by atoms with Gasteiger partial charge in [-0.05, 0) is 43.3 Å². The van der Waals surface area contributed by atoms with Gasteiger partial charge in [-0.15, -0.1) is 0 Å². The van der Waals surface area contributed by atoms with Crippen LogP contribution in [-0.4, -0.2) is 21.5 Å². The minimum absolute atomic E-state index is 0.0319. The highest BCUT2D eigenvalue weighted by atomic mass is 32.1. The van der Waals surface area contributed by atoms with Crippen LogP contribution in [0.3, 0.4) is 0 Å². The molecular weight excluding hydrogens is 370 g/mol. The van der Waals surface area contributed by atoms with Crippen molar-refractivity contribution in [1.82, 2.24) is 14.9 Å². The van der Waals surface area contributed by atoms with E-state index in [2.05, 4.69) is 17.2 Å². The van der Waals surface area contributed by atoms with Crippen molar-refractivity contribution in [3.05, 3.63) is 75.3 Å². The van der Waals surface area contributed by atoms with Crippen molar-refractivity contribution < 1.29 is 4.79 Å². The van der Waals surface area contributed by atoms with Gasteiger partial charge in [-0.3, -0.25) is 14.2 Å². The third kappa shape index (κ3) is 4.39. The minimum atomic E-state index is -0.720. The van der Waals surface area contributed by atoms with E-state index in [0.29, 0.717) is 17.3 Å². The number of nitrogens with zero attached hydrogens (tertiary/aromatic N) is 1. The van der Waals surface area contributed by atoms with Crippen LogP contribution in [0.5, 0.6) is 0 Å². The van der Waals surface area contributed by atoms with E-state index in [1.807, 2.05) is 49.4 Å². The smallest absolute Gasteiger partial charge is 0.262 e. The molecule has 0 aliphatic heterocycles. The maximum Gasteiger partial charge on any atom is 0.262 e. The molecule has 1 amide bonds. The van der Waals surface area contributed by atoms with Gasteiger partial charge in [-0.2, -0.15) is 0 Å². The highest BCUT2D eigenvalue weighted by molar-refractivity contribution is 7.71. The van der Waals surface area contributed by atoms with Crippen LogP contribution < -0.4 is 10.9 Å². The zero-order chi connectivity index (χ0) is 20.1. The number of carbonyl (C=O) groups excluding carboxylic acids is 1. The number of amides is 1. The molecule has 2 aromatic carbocycles. The monoisotopic (exact) mass is 395 g/mol. The molecule has 1 aromatic heterocycles. The Kier molecular flexibility index (Phi) is 6.41. The molecule has 1 heterocycles. The second-order valence-electron chi connectivity index (χ2n) is 7.05. The van der Waals surface area contributed by atoms with Crippen molar-refractivity contribution in [3.8, 4) is 0 Å². The first kappa shape index (κ1) is 20.0. The fourth-order valence-electron chi connectivity index (χ4n) is 3.44. The molecule has 28 heavy (non-hydrogen) atoms. The molecule has 0 bridgehead atoms. The number of hydrogen-bond acceptors (Lipinski definition) is 3. The Hall–Kier alpha value is -2.73. The Labute approximate surface area is 169 Å². The summed E-state index contributed by atoms with van der Waals surface area (Å²) in [5.41, 5.74) is 1.39. The van der Waals surface area contributed by atoms with Crippen LogP contribution in [0.1, 0.15) is 38.3 Å². The molecule has 2 atom stereocenters. The van der Waals surface area contributed by atoms with Crippen LogP contribution in [0.25, 0.3) is 10.9 Å². The molecule has 0 saturated heterocycles. The van der Waals surface area contributed by atoms with Crippen molar-refractivity contribution in [3.63, 3.8) is 0 Å². The highest BCUT2D eigenvalue weighted by Crippen LogP contribution is 2.16. The normalized spacial score (nSPS) is 13.2. The summed E-state index contributed by atoms with van der Waals surface area (Å²) in [6.45, 7) is 4.05. The van der Waals surface area contributed by atoms with Gasteiger partial charge in [0.2, 0.25) is 5.91 Å². The molecule has 2 N–H and O–H groups in total. The van der Waals surface area contributed by atoms with E-state index in [0.717, 1.165) is 18.4 Å². The van der Waals surface area contributed by atoms with Gasteiger partial charge in [-0.25, -0.2) is 0 Å². The molecule has 3 aromatic rings. The SMILES string of the molecule is CCC[C@H](C)NC(=O)[C@@H](Cc1ccccc1)n1c(=S)[nH]c2ccccc2c1=O. The number of rotatable bonds is 7. The van der Waals surface area contributed by atoms with E-state index in [9.17, 15) is 9.59 Å². The van der Waals surface area contributed by atoms with Crippen LogP contribution in [0.15, 0.2) is 59.4 Å². The summed E-state index contributed by atoms with van der Waals surface area (Å²) in [5, 5.41) is 3.56. The predicted molar refractivity (Wildman–Crippen MR) is 115 cm³/mol. The highest BCUT2D eigenvalue weighted by Gasteiger charge is 2.25. The van der Waals surface area contributed by atoms with Crippen LogP contribution in [0, 0.1) is 4.77 Å². The summed E-state index contributed by atoms with van der Waals surface area (Å²) in [6.07, 6.45) is 2.24. The Morgan fingerprint density at radius 2 is 1.82 bits per heavy atom. The van der Waals surface area contributed by atoms with Gasteiger partial charge in [0.25, 0.3) is 5.56 Å². The Morgan fingerprint density at radius 1 is 1.14 bits per heavy atom. The number of fused-ring (bicyclic) bond motifs is 1. The number of H-pyrrole nitrogens is 1. The van der Waals surface area contributed by atoms with Crippen molar-refractivity contribution in [2.75, 3.05) is 0 Å². The molecule has 0 aliphatic rings. The summed E-state index contributed by atoms with van der Waals surface area (Å²) >= 11 is 5.47. The lowest BCUT2D eigenvalue weighted by Crippen LogP contribution is -2.42. The molecule has 0 unspecified atom stereocenters. The first-order valence-electron chi connectivity index (χ1n) is 9.59. The molecule has 5 nitrogen and oxygen atoms in total. The number of benzene rings is 2. The number of aromatic amines is 1. The van der Waals surface area contributed by atoms with Gasteiger partial charge in [0, 0.05) is 12.5 Å². The van der Waals surface area contributed by atoms with Gasteiger partial charge in [0.05, 0.1) is 10.9 Å². The quantitative estimate of drug-likeness (QED) is 0.591. The second-order valence-corrected chi connectivity index (χ2v) is 7.44. The van der Waals surface area contributed by atoms with E-state index in [1.54, 1.807) is 12.1 Å². The molecular formula is C22H25N3O2S. The van der Waals surface area contributed by atoms with Crippen LogP contribution in [0.2, 0.25) is 0 Å². The van der Waals surface area contributed by atoms with Crippen LogP contribution in [-0.2, 0) is 11.2 Å². The van der Waals surface area contributed by atoms with Crippen molar-refractivity contribution in [2.45, 2.75) is 45.2 Å². The first-order chi connectivity index (χ1) is 13.5. The number of nitrogens with one attached hydrogen (secondary N) is 2. The van der Waals surface area contributed by atoms with Gasteiger partial charge < -0.3 is 10.3 Å². The second kappa shape index (κ2) is 8.97. The molecule has 0 radical (unpaired) electrons. The van der Waals surface area contributed by atoms with E-state index in [1.165, 1.54) is 4.57 Å². The molecule has 0 spiro atoms. The number of para-hydroxylation sites is 1. The summed E-state index contributed by atoms with van der Waals surface area (Å²) < 4.78 is 1.67. The van der Waals surface area contributed by atoms with Gasteiger partial charge in [0.1, 0.15) is 6.04 Å². The minimum Gasteiger partial charge on any atom is -0.352 e. The lowest BCUT2D eigenvalue weighted by atomic mass is 10.0. The van der Waals surface area contributed by atoms with E-state index in [4.69, 9.17) is 12.2 Å². The van der Waals surface area contributed by atoms with Crippen molar-refractivity contribution >= 4 is 29.0 Å². The summed E-state index contributed by atoms with van der Waals surface area (Å²) in [7, 11) is 0. The van der Waals surface area contributed by atoms with Crippen molar-refractivity contribution in [2.24, 2.45) is 0 Å². The topological polar surface area (TPSA) is 66.9 Å².